The Balaban J connectivity index is 1.40. The number of carbonyl (C=O) groups is 1. The number of anilines is 1. The van der Waals surface area contributed by atoms with Crippen LogP contribution < -0.4 is 5.32 Å². The van der Waals surface area contributed by atoms with Gasteiger partial charge in [-0.05, 0) is 41.1 Å². The maximum atomic E-state index is 12.4. The number of aromatic nitrogens is 1. The molecule has 1 N–H and O–H groups in total. The molecular formula is C21H14N2OS3. The fraction of sp³-hybridized carbons (Fsp3) is 0.0476. The van der Waals surface area contributed by atoms with Crippen molar-refractivity contribution in [3.8, 4) is 22.4 Å². The number of carbonyl (C=O) groups excluding carboxylic acids is 1. The summed E-state index contributed by atoms with van der Waals surface area (Å²) in [5.41, 5.74) is 3.50. The van der Waals surface area contributed by atoms with Gasteiger partial charge in [0.1, 0.15) is 5.01 Å². The average molecular weight is 407 g/mol. The summed E-state index contributed by atoms with van der Waals surface area (Å²) in [6.45, 7) is 0. The molecule has 1 aromatic carbocycles. The van der Waals surface area contributed by atoms with Crippen molar-refractivity contribution in [2.45, 2.75) is 6.42 Å². The largest absolute Gasteiger partial charge is 0.326 e. The molecule has 4 rings (SSSR count). The quantitative estimate of drug-likeness (QED) is 0.454. The third kappa shape index (κ3) is 4.72. The lowest BCUT2D eigenvalue weighted by molar-refractivity contribution is -0.115. The number of hydrogen-bond donors (Lipinski definition) is 1. The second kappa shape index (κ2) is 8.31. The Morgan fingerprint density at radius 2 is 2.00 bits per heavy atom. The normalized spacial score (nSPS) is 10.2. The van der Waals surface area contributed by atoms with E-state index in [4.69, 9.17) is 0 Å². The van der Waals surface area contributed by atoms with Gasteiger partial charge in [-0.25, -0.2) is 4.98 Å². The third-order valence-corrected chi connectivity index (χ3v) is 6.07. The van der Waals surface area contributed by atoms with Gasteiger partial charge in [0.2, 0.25) is 5.91 Å². The number of rotatable bonds is 4. The lowest BCUT2D eigenvalue weighted by Gasteiger charge is -2.04. The highest BCUT2D eigenvalue weighted by atomic mass is 32.1. The third-order valence-electron chi connectivity index (χ3n) is 3.66. The number of hydrogen-bond acceptors (Lipinski definition) is 5. The number of amides is 1. The van der Waals surface area contributed by atoms with E-state index in [9.17, 15) is 4.79 Å². The Labute approximate surface area is 169 Å². The fourth-order valence-electron chi connectivity index (χ4n) is 2.43. The molecule has 0 bridgehead atoms. The molecule has 4 aromatic rings. The molecule has 0 saturated carbocycles. The van der Waals surface area contributed by atoms with Gasteiger partial charge in [0.05, 0.1) is 17.0 Å². The molecule has 1 amide bonds. The van der Waals surface area contributed by atoms with Crippen molar-refractivity contribution in [3.05, 3.63) is 80.1 Å². The summed E-state index contributed by atoms with van der Waals surface area (Å²) in [7, 11) is 0. The monoisotopic (exact) mass is 406 g/mol. The molecule has 0 unspecified atom stereocenters. The highest BCUT2D eigenvalue weighted by molar-refractivity contribution is 7.14. The van der Waals surface area contributed by atoms with Crippen LogP contribution in [0.15, 0.2) is 64.0 Å². The SMILES string of the molecule is O=C(Cc1csc(-c2ccsc2)n1)Nc1cccc(C#Cc2cccs2)c1. The van der Waals surface area contributed by atoms with Crippen LogP contribution in [0, 0.1) is 11.8 Å². The first-order valence-electron chi connectivity index (χ1n) is 8.19. The molecule has 0 saturated heterocycles. The summed E-state index contributed by atoms with van der Waals surface area (Å²) in [6.07, 6.45) is 0.256. The van der Waals surface area contributed by atoms with E-state index in [1.165, 1.54) is 0 Å². The van der Waals surface area contributed by atoms with Gasteiger partial charge in [-0.1, -0.05) is 24.0 Å². The Morgan fingerprint density at radius 1 is 1.04 bits per heavy atom. The summed E-state index contributed by atoms with van der Waals surface area (Å²) in [5.74, 6) is 6.17. The topological polar surface area (TPSA) is 42.0 Å². The van der Waals surface area contributed by atoms with E-state index < -0.39 is 0 Å². The van der Waals surface area contributed by atoms with E-state index in [2.05, 4.69) is 27.5 Å². The van der Waals surface area contributed by atoms with Crippen LogP contribution in [0.1, 0.15) is 16.1 Å². The van der Waals surface area contributed by atoms with Gasteiger partial charge < -0.3 is 5.32 Å². The van der Waals surface area contributed by atoms with E-state index in [0.29, 0.717) is 0 Å². The fourth-order valence-corrected chi connectivity index (χ4v) is 4.54. The number of benzene rings is 1. The van der Waals surface area contributed by atoms with Crippen LogP contribution in [0.3, 0.4) is 0 Å². The maximum absolute atomic E-state index is 12.4. The van der Waals surface area contributed by atoms with Crippen LogP contribution in [0.25, 0.3) is 10.6 Å². The van der Waals surface area contributed by atoms with Gasteiger partial charge in [-0.3, -0.25) is 4.79 Å². The summed E-state index contributed by atoms with van der Waals surface area (Å²) in [6, 6.07) is 13.6. The summed E-state index contributed by atoms with van der Waals surface area (Å²) in [4.78, 5) is 17.9. The predicted octanol–water partition coefficient (Wildman–Crippen LogP) is 5.51. The molecule has 6 heteroatoms. The minimum atomic E-state index is -0.0828. The van der Waals surface area contributed by atoms with Crippen LogP contribution >= 0.6 is 34.0 Å². The molecule has 0 atom stereocenters. The summed E-state index contributed by atoms with van der Waals surface area (Å²) >= 11 is 4.81. The smallest absolute Gasteiger partial charge is 0.230 e. The van der Waals surface area contributed by atoms with E-state index in [1.807, 2.05) is 58.6 Å². The standard InChI is InChI=1S/C21H14N2OS3/c24-20(12-18-14-27-21(23-18)16-8-10-25-13-16)22-17-4-1-3-15(11-17)6-7-19-5-2-9-26-19/h1-5,8-11,13-14H,12H2,(H,22,24). The molecule has 0 aliphatic carbocycles. The Hall–Kier alpha value is -2.72. The van der Waals surface area contributed by atoms with Crippen molar-refractivity contribution in [1.29, 1.82) is 0 Å². The molecule has 3 aromatic heterocycles. The Morgan fingerprint density at radius 3 is 2.81 bits per heavy atom. The molecule has 0 radical (unpaired) electrons. The van der Waals surface area contributed by atoms with E-state index in [1.54, 1.807) is 34.0 Å². The zero-order chi connectivity index (χ0) is 18.5. The van der Waals surface area contributed by atoms with E-state index in [-0.39, 0.29) is 12.3 Å². The van der Waals surface area contributed by atoms with Gasteiger partial charge in [0.15, 0.2) is 0 Å². The van der Waals surface area contributed by atoms with Crippen LogP contribution in [0.2, 0.25) is 0 Å². The molecule has 132 valence electrons. The molecule has 0 aliphatic rings. The van der Waals surface area contributed by atoms with Crippen molar-refractivity contribution >= 4 is 45.6 Å². The Kier molecular flexibility index (Phi) is 5.45. The van der Waals surface area contributed by atoms with Crippen molar-refractivity contribution < 1.29 is 4.79 Å². The summed E-state index contributed by atoms with van der Waals surface area (Å²) in [5, 5.41) is 11.9. The number of thiophene rings is 2. The first-order valence-corrected chi connectivity index (χ1v) is 10.9. The van der Waals surface area contributed by atoms with Crippen LogP contribution in [0.4, 0.5) is 5.69 Å². The van der Waals surface area contributed by atoms with Gasteiger partial charge >= 0.3 is 0 Å². The molecule has 0 aliphatic heterocycles. The highest BCUT2D eigenvalue weighted by Crippen LogP contribution is 2.26. The maximum Gasteiger partial charge on any atom is 0.230 e. The second-order valence-corrected chi connectivity index (χ2v) is 8.27. The molecule has 3 nitrogen and oxygen atoms in total. The zero-order valence-corrected chi connectivity index (χ0v) is 16.6. The zero-order valence-electron chi connectivity index (χ0n) is 14.1. The lowest BCUT2D eigenvalue weighted by Crippen LogP contribution is -2.14. The van der Waals surface area contributed by atoms with Gasteiger partial charge in [-0.15, -0.1) is 22.7 Å². The van der Waals surface area contributed by atoms with Crippen LogP contribution in [-0.4, -0.2) is 10.9 Å². The molecule has 0 spiro atoms. The average Bonchev–Trinajstić information content (AvgIpc) is 3.42. The van der Waals surface area contributed by atoms with E-state index >= 15 is 0 Å². The molecule has 0 fully saturated rings. The molecule has 27 heavy (non-hydrogen) atoms. The van der Waals surface area contributed by atoms with Crippen LogP contribution in [-0.2, 0) is 11.2 Å². The lowest BCUT2D eigenvalue weighted by atomic mass is 10.2. The summed E-state index contributed by atoms with van der Waals surface area (Å²) < 4.78 is 0. The minimum Gasteiger partial charge on any atom is -0.326 e. The minimum absolute atomic E-state index is 0.0828. The van der Waals surface area contributed by atoms with Crippen molar-refractivity contribution in [1.82, 2.24) is 4.98 Å². The van der Waals surface area contributed by atoms with Gasteiger partial charge in [-0.2, -0.15) is 11.3 Å². The number of thiazole rings is 1. The van der Waals surface area contributed by atoms with Gasteiger partial charge in [0, 0.05) is 27.6 Å². The predicted molar refractivity (Wildman–Crippen MR) is 115 cm³/mol. The second-order valence-electron chi connectivity index (χ2n) is 5.69. The van der Waals surface area contributed by atoms with Crippen LogP contribution in [0.5, 0.6) is 0 Å². The van der Waals surface area contributed by atoms with Gasteiger partial charge in [0.25, 0.3) is 0 Å². The van der Waals surface area contributed by atoms with Crippen molar-refractivity contribution in [2.24, 2.45) is 0 Å². The van der Waals surface area contributed by atoms with Crippen molar-refractivity contribution in [3.63, 3.8) is 0 Å². The molecule has 3 heterocycles. The first kappa shape index (κ1) is 17.7. The number of nitrogens with zero attached hydrogens (tertiary/aromatic N) is 1. The van der Waals surface area contributed by atoms with E-state index in [0.717, 1.165) is 32.4 Å². The molecular weight excluding hydrogens is 392 g/mol. The van der Waals surface area contributed by atoms with Crippen molar-refractivity contribution in [2.75, 3.05) is 5.32 Å². The Bertz CT molecular complexity index is 1100. The number of nitrogens with one attached hydrogen (secondary N) is 1. The highest BCUT2D eigenvalue weighted by Gasteiger charge is 2.10. The first-order chi connectivity index (χ1) is 13.3.